The van der Waals surface area contributed by atoms with Crippen LogP contribution in [-0.4, -0.2) is 17.6 Å². The molecule has 0 heterocycles. The Labute approximate surface area is 130 Å². The van der Waals surface area contributed by atoms with E-state index in [9.17, 15) is 9.90 Å². The molecule has 2 aromatic carbocycles. The molecule has 0 radical (unpaired) electrons. The van der Waals surface area contributed by atoms with Crippen LogP contribution < -0.4 is 5.32 Å². The monoisotopic (exact) mass is 299 g/mol. The Morgan fingerprint density at radius 2 is 1.73 bits per heavy atom. The van der Waals surface area contributed by atoms with Crippen LogP contribution >= 0.6 is 0 Å². The lowest BCUT2D eigenvalue weighted by Gasteiger charge is -2.12. The smallest absolute Gasteiger partial charge is 0.253 e. The first kappa shape index (κ1) is 16.2. The van der Waals surface area contributed by atoms with E-state index in [-0.39, 0.29) is 0 Å². The maximum Gasteiger partial charge on any atom is 0.253 e. The molecule has 116 valence electrons. The van der Waals surface area contributed by atoms with Crippen LogP contribution in [0, 0.1) is 0 Å². The van der Waals surface area contributed by atoms with Crippen LogP contribution in [0.25, 0.3) is 0 Å². The van der Waals surface area contributed by atoms with Gasteiger partial charge in [0.1, 0.15) is 0 Å². The zero-order valence-electron chi connectivity index (χ0n) is 12.7. The van der Waals surface area contributed by atoms with Crippen molar-refractivity contribution in [3.8, 4) is 0 Å². The van der Waals surface area contributed by atoms with Crippen molar-refractivity contribution in [3.63, 3.8) is 0 Å². The highest BCUT2D eigenvalue weighted by Crippen LogP contribution is 2.12. The molecule has 0 bridgehead atoms. The van der Waals surface area contributed by atoms with Crippen LogP contribution in [0.2, 0.25) is 0 Å². The molecule has 22 heavy (non-hydrogen) atoms. The third kappa shape index (κ3) is 4.69. The molecule has 0 saturated carbocycles. The highest BCUT2D eigenvalue weighted by Gasteiger charge is 2.16. The number of hydrogen-bond donors (Lipinski definition) is 2. The van der Waals surface area contributed by atoms with Crippen molar-refractivity contribution >= 4 is 5.91 Å². The van der Waals surface area contributed by atoms with Crippen LogP contribution in [0.4, 0.5) is 0 Å². The summed E-state index contributed by atoms with van der Waals surface area (Å²) >= 11 is 0. The average molecular weight is 299 g/mol. The van der Waals surface area contributed by atoms with E-state index < -0.39 is 12.0 Å². The first-order valence-corrected chi connectivity index (χ1v) is 7.37. The SMILES string of the molecule is CCOCc1ccc(CNC(=O)C(O)c2ccccc2)cc1. The molecule has 0 aliphatic carbocycles. The zero-order chi connectivity index (χ0) is 15.8. The van der Waals surface area contributed by atoms with E-state index in [0.29, 0.717) is 25.3 Å². The summed E-state index contributed by atoms with van der Waals surface area (Å²) in [5.41, 5.74) is 2.67. The molecule has 0 aliphatic heterocycles. The molecular formula is C18H21NO3. The number of aliphatic hydroxyl groups excluding tert-OH is 1. The lowest BCUT2D eigenvalue weighted by molar-refractivity contribution is -0.129. The fourth-order valence-electron chi connectivity index (χ4n) is 2.05. The van der Waals surface area contributed by atoms with Gasteiger partial charge in [0.05, 0.1) is 6.61 Å². The number of aliphatic hydroxyl groups is 1. The third-order valence-electron chi connectivity index (χ3n) is 3.33. The van der Waals surface area contributed by atoms with Gasteiger partial charge in [-0.15, -0.1) is 0 Å². The summed E-state index contributed by atoms with van der Waals surface area (Å²) in [6, 6.07) is 16.7. The summed E-state index contributed by atoms with van der Waals surface area (Å²) in [6.45, 7) is 3.63. The fourth-order valence-corrected chi connectivity index (χ4v) is 2.05. The van der Waals surface area contributed by atoms with Crippen molar-refractivity contribution in [2.75, 3.05) is 6.61 Å². The number of carbonyl (C=O) groups excluding carboxylic acids is 1. The predicted octanol–water partition coefficient (Wildman–Crippen LogP) is 2.57. The normalized spacial score (nSPS) is 11.9. The highest BCUT2D eigenvalue weighted by molar-refractivity contribution is 5.81. The van der Waals surface area contributed by atoms with E-state index in [2.05, 4.69) is 5.32 Å². The van der Waals surface area contributed by atoms with Gasteiger partial charge in [0.25, 0.3) is 5.91 Å². The summed E-state index contributed by atoms with van der Waals surface area (Å²) < 4.78 is 5.34. The van der Waals surface area contributed by atoms with E-state index >= 15 is 0 Å². The molecule has 0 aromatic heterocycles. The number of nitrogens with one attached hydrogen (secondary N) is 1. The van der Waals surface area contributed by atoms with Crippen LogP contribution in [0.3, 0.4) is 0 Å². The van der Waals surface area contributed by atoms with E-state index in [1.165, 1.54) is 0 Å². The Kier molecular flexibility index (Phi) is 6.13. The van der Waals surface area contributed by atoms with Crippen LogP contribution in [0.1, 0.15) is 29.7 Å². The van der Waals surface area contributed by atoms with Gasteiger partial charge in [0, 0.05) is 13.2 Å². The quantitative estimate of drug-likeness (QED) is 0.826. The van der Waals surface area contributed by atoms with Crippen molar-refractivity contribution in [2.45, 2.75) is 26.2 Å². The van der Waals surface area contributed by atoms with Gasteiger partial charge in [-0.25, -0.2) is 0 Å². The standard InChI is InChI=1S/C18H21NO3/c1-2-22-13-15-10-8-14(9-11-15)12-19-18(21)17(20)16-6-4-3-5-7-16/h3-11,17,20H,2,12-13H2,1H3,(H,19,21). The Morgan fingerprint density at radius 3 is 2.36 bits per heavy atom. The third-order valence-corrected chi connectivity index (χ3v) is 3.33. The number of rotatable bonds is 7. The molecule has 2 rings (SSSR count). The van der Waals surface area contributed by atoms with Crippen molar-refractivity contribution in [3.05, 3.63) is 71.3 Å². The summed E-state index contributed by atoms with van der Waals surface area (Å²) in [6.07, 6.45) is -1.14. The molecule has 1 unspecified atom stereocenters. The minimum Gasteiger partial charge on any atom is -0.378 e. The van der Waals surface area contributed by atoms with Gasteiger partial charge in [-0.3, -0.25) is 4.79 Å². The molecule has 4 nitrogen and oxygen atoms in total. The number of benzene rings is 2. The van der Waals surface area contributed by atoms with Gasteiger partial charge >= 0.3 is 0 Å². The minimum atomic E-state index is -1.14. The van der Waals surface area contributed by atoms with E-state index in [1.807, 2.05) is 37.3 Å². The van der Waals surface area contributed by atoms with E-state index in [0.717, 1.165) is 11.1 Å². The molecule has 0 spiro atoms. The molecular weight excluding hydrogens is 278 g/mol. The van der Waals surface area contributed by atoms with Crippen molar-refractivity contribution in [1.29, 1.82) is 0 Å². The fraction of sp³-hybridized carbons (Fsp3) is 0.278. The Balaban J connectivity index is 1.85. The first-order valence-electron chi connectivity index (χ1n) is 7.37. The topological polar surface area (TPSA) is 58.6 Å². The number of hydrogen-bond acceptors (Lipinski definition) is 3. The highest BCUT2D eigenvalue weighted by atomic mass is 16.5. The maximum absolute atomic E-state index is 11.9. The second-order valence-corrected chi connectivity index (χ2v) is 4.98. The molecule has 2 aromatic rings. The predicted molar refractivity (Wildman–Crippen MR) is 85.0 cm³/mol. The van der Waals surface area contributed by atoms with Gasteiger partial charge in [-0.05, 0) is 23.6 Å². The molecule has 1 amide bonds. The molecule has 0 saturated heterocycles. The summed E-state index contributed by atoms with van der Waals surface area (Å²) in [5, 5.41) is 12.7. The molecule has 4 heteroatoms. The van der Waals surface area contributed by atoms with Gasteiger partial charge in [-0.1, -0.05) is 54.6 Å². The Bertz CT molecular complexity index is 581. The lowest BCUT2D eigenvalue weighted by Crippen LogP contribution is -2.28. The van der Waals surface area contributed by atoms with Crippen molar-refractivity contribution in [2.24, 2.45) is 0 Å². The number of carbonyl (C=O) groups is 1. The average Bonchev–Trinajstić information content (AvgIpc) is 2.58. The van der Waals surface area contributed by atoms with Gasteiger partial charge in [0.2, 0.25) is 0 Å². The summed E-state index contributed by atoms with van der Waals surface area (Å²) in [7, 11) is 0. The van der Waals surface area contributed by atoms with Gasteiger partial charge in [-0.2, -0.15) is 0 Å². The Morgan fingerprint density at radius 1 is 1.09 bits per heavy atom. The Hall–Kier alpha value is -2.17. The lowest BCUT2D eigenvalue weighted by atomic mass is 10.1. The van der Waals surface area contributed by atoms with E-state index in [1.54, 1.807) is 24.3 Å². The zero-order valence-corrected chi connectivity index (χ0v) is 12.7. The molecule has 0 fully saturated rings. The molecule has 0 aliphatic rings. The van der Waals surface area contributed by atoms with Crippen LogP contribution in [0.15, 0.2) is 54.6 Å². The van der Waals surface area contributed by atoms with Crippen molar-refractivity contribution in [1.82, 2.24) is 5.32 Å². The largest absolute Gasteiger partial charge is 0.378 e. The number of ether oxygens (including phenoxy) is 1. The number of amides is 1. The summed E-state index contributed by atoms with van der Waals surface area (Å²) in [4.78, 5) is 11.9. The van der Waals surface area contributed by atoms with Crippen LogP contribution in [0.5, 0.6) is 0 Å². The minimum absolute atomic E-state index is 0.387. The molecule has 1 atom stereocenters. The maximum atomic E-state index is 11.9. The van der Waals surface area contributed by atoms with Gasteiger partial charge < -0.3 is 15.2 Å². The van der Waals surface area contributed by atoms with E-state index in [4.69, 9.17) is 4.74 Å². The first-order chi connectivity index (χ1) is 10.7. The van der Waals surface area contributed by atoms with Crippen LogP contribution in [-0.2, 0) is 22.7 Å². The molecule has 2 N–H and O–H groups in total. The second-order valence-electron chi connectivity index (χ2n) is 4.98. The van der Waals surface area contributed by atoms with Gasteiger partial charge in [0.15, 0.2) is 6.10 Å². The summed E-state index contributed by atoms with van der Waals surface area (Å²) in [5.74, 6) is -0.399. The van der Waals surface area contributed by atoms with Crippen molar-refractivity contribution < 1.29 is 14.6 Å². The second kappa shape index (κ2) is 8.32.